The fraction of sp³-hybridized carbons (Fsp3) is 0.875. The monoisotopic (exact) mass is 314 g/mol. The first-order valence-corrected chi connectivity index (χ1v) is 10.8. The zero-order chi connectivity index (χ0) is 15.7. The Balaban J connectivity index is 2.05. The van der Waals surface area contributed by atoms with Crippen LogP contribution in [-0.2, 0) is 13.9 Å². The average molecular weight is 314 g/mol. The van der Waals surface area contributed by atoms with E-state index in [1.54, 1.807) is 0 Å². The fourth-order valence-corrected chi connectivity index (χ4v) is 3.70. The van der Waals surface area contributed by atoms with E-state index in [0.29, 0.717) is 19.6 Å². The van der Waals surface area contributed by atoms with E-state index >= 15 is 0 Å². The van der Waals surface area contributed by atoms with Crippen molar-refractivity contribution in [2.24, 2.45) is 0 Å². The normalized spacial score (nSPS) is 33.2. The molecule has 5 heteroatoms. The van der Waals surface area contributed by atoms with Crippen LogP contribution >= 0.6 is 0 Å². The summed E-state index contributed by atoms with van der Waals surface area (Å²) in [6.07, 6.45) is 5.60. The van der Waals surface area contributed by atoms with Crippen molar-refractivity contribution in [1.82, 2.24) is 0 Å². The molecule has 1 fully saturated rings. The Kier molecular flexibility index (Phi) is 5.00. The first-order chi connectivity index (χ1) is 9.69. The van der Waals surface area contributed by atoms with E-state index in [-0.39, 0.29) is 23.9 Å². The number of fused-ring (bicyclic) bond motifs is 1. The number of hydrogen-bond acceptors (Lipinski definition) is 4. The van der Waals surface area contributed by atoms with Crippen LogP contribution < -0.4 is 0 Å². The van der Waals surface area contributed by atoms with Crippen LogP contribution in [0.1, 0.15) is 33.6 Å². The lowest BCUT2D eigenvalue weighted by atomic mass is 9.95. The molecule has 0 radical (unpaired) electrons. The van der Waals surface area contributed by atoms with Crippen LogP contribution in [0.4, 0.5) is 0 Å². The van der Waals surface area contributed by atoms with E-state index < -0.39 is 13.9 Å². The van der Waals surface area contributed by atoms with Gasteiger partial charge >= 0.3 is 0 Å². The second-order valence-electron chi connectivity index (χ2n) is 7.79. The molecule has 0 aliphatic carbocycles. The molecule has 0 aromatic carbocycles. The molecular weight excluding hydrogens is 284 g/mol. The predicted molar refractivity (Wildman–Crippen MR) is 86.0 cm³/mol. The average Bonchev–Trinajstić information content (AvgIpc) is 2.74. The van der Waals surface area contributed by atoms with Gasteiger partial charge in [-0.1, -0.05) is 32.9 Å². The Morgan fingerprint density at radius 1 is 1.38 bits per heavy atom. The van der Waals surface area contributed by atoms with Gasteiger partial charge in [-0.15, -0.1) is 0 Å². The van der Waals surface area contributed by atoms with Crippen LogP contribution in [0.2, 0.25) is 18.1 Å². The maximum Gasteiger partial charge on any atom is 0.192 e. The topological polar surface area (TPSA) is 47.9 Å². The third-order valence-electron chi connectivity index (χ3n) is 5.13. The van der Waals surface area contributed by atoms with E-state index in [1.807, 2.05) is 6.08 Å². The Morgan fingerprint density at radius 2 is 2.10 bits per heavy atom. The van der Waals surface area contributed by atoms with Crippen molar-refractivity contribution in [3.8, 4) is 0 Å². The predicted octanol–water partition coefficient (Wildman–Crippen LogP) is 2.87. The first-order valence-electron chi connectivity index (χ1n) is 7.90. The Bertz CT molecular complexity index is 388. The van der Waals surface area contributed by atoms with Crippen LogP contribution in [0.25, 0.3) is 0 Å². The third kappa shape index (κ3) is 3.77. The molecule has 0 saturated carbocycles. The molecule has 0 spiro atoms. The molecule has 1 saturated heterocycles. The minimum atomic E-state index is -1.82. The van der Waals surface area contributed by atoms with E-state index in [4.69, 9.17) is 13.9 Å². The lowest BCUT2D eigenvalue weighted by Gasteiger charge is -2.39. The number of ether oxygens (including phenoxy) is 2. The Labute approximate surface area is 129 Å². The summed E-state index contributed by atoms with van der Waals surface area (Å²) < 4.78 is 18.4. The third-order valence-corrected chi connectivity index (χ3v) is 9.61. The van der Waals surface area contributed by atoms with Crippen molar-refractivity contribution in [2.75, 3.05) is 19.8 Å². The van der Waals surface area contributed by atoms with Crippen molar-refractivity contribution in [1.29, 1.82) is 0 Å². The summed E-state index contributed by atoms with van der Waals surface area (Å²) in [5.41, 5.74) is -0.408. The molecule has 2 aliphatic rings. The quantitative estimate of drug-likeness (QED) is 0.626. The molecule has 3 atom stereocenters. The minimum Gasteiger partial charge on any atom is -0.414 e. The number of aliphatic hydroxyl groups is 1. The second kappa shape index (κ2) is 6.12. The van der Waals surface area contributed by atoms with Gasteiger partial charge in [-0.2, -0.15) is 0 Å². The van der Waals surface area contributed by atoms with Gasteiger partial charge in [0.1, 0.15) is 6.10 Å². The van der Waals surface area contributed by atoms with E-state index in [1.165, 1.54) is 0 Å². The summed E-state index contributed by atoms with van der Waals surface area (Å²) in [5.74, 6) is 0. The fourth-order valence-electron chi connectivity index (χ4n) is 2.64. The summed E-state index contributed by atoms with van der Waals surface area (Å²) in [5, 5.41) is 9.61. The van der Waals surface area contributed by atoms with E-state index in [2.05, 4.69) is 39.9 Å². The standard InChI is InChI=1S/C16H30O4Si/c1-15(2,3)21(4,5)19-12-16(8-9-17)11-14-13(20-16)7-6-10-18-14/h6-7,13-14,17H,8-12H2,1-5H3/t13-,14-,16+/m1/s1. The second-order valence-corrected chi connectivity index (χ2v) is 12.6. The molecule has 2 aliphatic heterocycles. The van der Waals surface area contributed by atoms with Crippen molar-refractivity contribution in [3.63, 3.8) is 0 Å². The molecule has 4 nitrogen and oxygen atoms in total. The summed E-state index contributed by atoms with van der Waals surface area (Å²) >= 11 is 0. The van der Waals surface area contributed by atoms with Gasteiger partial charge in [0.25, 0.3) is 0 Å². The van der Waals surface area contributed by atoms with Crippen LogP contribution in [0.3, 0.4) is 0 Å². The van der Waals surface area contributed by atoms with Crippen molar-refractivity contribution >= 4 is 8.32 Å². The Morgan fingerprint density at radius 3 is 2.67 bits per heavy atom. The molecule has 21 heavy (non-hydrogen) atoms. The van der Waals surface area contributed by atoms with Gasteiger partial charge in [0.2, 0.25) is 0 Å². The number of hydrogen-bond donors (Lipinski definition) is 1. The smallest absolute Gasteiger partial charge is 0.192 e. The van der Waals surface area contributed by atoms with Crippen LogP contribution in [-0.4, -0.2) is 51.1 Å². The number of rotatable bonds is 5. The van der Waals surface area contributed by atoms with Crippen LogP contribution in [0.15, 0.2) is 12.2 Å². The van der Waals surface area contributed by atoms with Crippen LogP contribution in [0.5, 0.6) is 0 Å². The molecule has 2 heterocycles. The minimum absolute atomic E-state index is 0.00770. The highest BCUT2D eigenvalue weighted by molar-refractivity contribution is 6.74. The lowest BCUT2D eigenvalue weighted by Crippen LogP contribution is -2.46. The summed E-state index contributed by atoms with van der Waals surface area (Å²) in [6, 6.07) is 0. The number of aliphatic hydroxyl groups excluding tert-OH is 1. The molecule has 0 bridgehead atoms. The highest BCUT2D eigenvalue weighted by Crippen LogP contribution is 2.41. The molecule has 2 rings (SSSR count). The van der Waals surface area contributed by atoms with Crippen molar-refractivity contribution < 1.29 is 19.0 Å². The van der Waals surface area contributed by atoms with Gasteiger partial charge in [-0.25, -0.2) is 0 Å². The zero-order valence-electron chi connectivity index (χ0n) is 14.0. The lowest BCUT2D eigenvalue weighted by molar-refractivity contribution is -0.0759. The van der Waals surface area contributed by atoms with Gasteiger partial charge in [-0.05, 0) is 18.1 Å². The van der Waals surface area contributed by atoms with Crippen molar-refractivity contribution in [3.05, 3.63) is 12.2 Å². The first kappa shape index (κ1) is 17.2. The van der Waals surface area contributed by atoms with Gasteiger partial charge < -0.3 is 19.0 Å². The summed E-state index contributed by atoms with van der Waals surface area (Å²) in [6.45, 7) is 12.5. The molecule has 122 valence electrons. The molecule has 1 N–H and O–H groups in total. The SMILES string of the molecule is CC(C)(C)[Si](C)(C)OC[C@]1(CCO)C[C@H]2OCC=C[C@H]2O1. The van der Waals surface area contributed by atoms with E-state index in [0.717, 1.165) is 6.42 Å². The molecule has 0 aromatic rings. The molecular formula is C16H30O4Si. The maximum absolute atomic E-state index is 9.43. The Hall–Kier alpha value is -0.203. The largest absolute Gasteiger partial charge is 0.414 e. The van der Waals surface area contributed by atoms with Gasteiger partial charge in [0.15, 0.2) is 8.32 Å². The van der Waals surface area contributed by atoms with Crippen LogP contribution in [0, 0.1) is 0 Å². The maximum atomic E-state index is 9.43. The highest BCUT2D eigenvalue weighted by Gasteiger charge is 2.48. The summed E-state index contributed by atoms with van der Waals surface area (Å²) in [7, 11) is -1.82. The highest BCUT2D eigenvalue weighted by atomic mass is 28.4. The van der Waals surface area contributed by atoms with Gasteiger partial charge in [0.05, 0.1) is 24.9 Å². The van der Waals surface area contributed by atoms with Gasteiger partial charge in [0, 0.05) is 19.4 Å². The van der Waals surface area contributed by atoms with E-state index in [9.17, 15) is 5.11 Å². The molecule has 0 amide bonds. The van der Waals surface area contributed by atoms with Crippen molar-refractivity contribution in [2.45, 2.75) is 69.6 Å². The zero-order valence-corrected chi connectivity index (χ0v) is 15.0. The molecule has 0 aromatic heterocycles. The molecule has 0 unspecified atom stereocenters. The van der Waals surface area contributed by atoms with Gasteiger partial charge in [-0.3, -0.25) is 0 Å². The summed E-state index contributed by atoms with van der Waals surface area (Å²) in [4.78, 5) is 0.